The van der Waals surface area contributed by atoms with Gasteiger partial charge < -0.3 is 10.4 Å². The topological polar surface area (TPSA) is 75.1 Å². The van der Waals surface area contributed by atoms with Crippen LogP contribution in [0, 0.1) is 6.92 Å². The van der Waals surface area contributed by atoms with E-state index in [-0.39, 0.29) is 5.82 Å². The molecule has 2 aromatic rings. The van der Waals surface area contributed by atoms with E-state index in [2.05, 4.69) is 15.3 Å². The molecule has 0 fully saturated rings. The molecule has 0 atom stereocenters. The number of aromatic carboxylic acids is 1. The van der Waals surface area contributed by atoms with Crippen molar-refractivity contribution in [3.63, 3.8) is 0 Å². The summed E-state index contributed by atoms with van der Waals surface area (Å²) in [6.07, 6.45) is 0.490. The Labute approximate surface area is 138 Å². The van der Waals surface area contributed by atoms with Crippen molar-refractivity contribution in [2.24, 2.45) is 0 Å². The maximum Gasteiger partial charge on any atom is 0.374 e. The molecule has 0 aliphatic heterocycles. The summed E-state index contributed by atoms with van der Waals surface area (Å²) in [6.45, 7) is 4.29. The van der Waals surface area contributed by atoms with E-state index in [1.54, 1.807) is 19.1 Å². The van der Waals surface area contributed by atoms with Gasteiger partial charge >= 0.3 is 5.97 Å². The van der Waals surface area contributed by atoms with Gasteiger partial charge in [-0.25, -0.2) is 14.8 Å². The molecule has 0 spiro atoms. The Morgan fingerprint density at radius 2 is 2.05 bits per heavy atom. The molecule has 0 aliphatic carbocycles. The van der Waals surface area contributed by atoms with E-state index in [1.807, 2.05) is 13.0 Å². The average Bonchev–Trinajstić information content (AvgIpc) is 2.44. The van der Waals surface area contributed by atoms with Crippen molar-refractivity contribution in [2.75, 3.05) is 11.9 Å². The van der Waals surface area contributed by atoms with Gasteiger partial charge in [-0.15, -0.1) is 0 Å². The third-order valence-corrected chi connectivity index (χ3v) is 3.72. The number of benzene rings is 1. The SMILES string of the molecule is CCNc1nc(C(=O)O)nc(C)c1Cc1ccc(Cl)cc1Cl. The van der Waals surface area contributed by atoms with Gasteiger partial charge in [-0.3, -0.25) is 0 Å². The first-order valence-corrected chi connectivity index (χ1v) is 7.46. The second-order valence-corrected chi connectivity index (χ2v) is 5.55. The van der Waals surface area contributed by atoms with Gasteiger partial charge in [0.2, 0.25) is 5.82 Å². The van der Waals surface area contributed by atoms with Crippen LogP contribution in [-0.2, 0) is 6.42 Å². The summed E-state index contributed by atoms with van der Waals surface area (Å²) in [7, 11) is 0. The molecule has 0 saturated heterocycles. The first-order chi connectivity index (χ1) is 10.4. The first-order valence-electron chi connectivity index (χ1n) is 6.71. The molecule has 0 saturated carbocycles. The summed E-state index contributed by atoms with van der Waals surface area (Å²) >= 11 is 12.1. The molecule has 22 heavy (non-hydrogen) atoms. The number of rotatable bonds is 5. The van der Waals surface area contributed by atoms with Crippen molar-refractivity contribution < 1.29 is 9.90 Å². The number of anilines is 1. The smallest absolute Gasteiger partial charge is 0.374 e. The highest BCUT2D eigenvalue weighted by Gasteiger charge is 2.16. The number of carboxylic acids is 1. The Bertz CT molecular complexity index is 720. The van der Waals surface area contributed by atoms with E-state index in [9.17, 15) is 4.79 Å². The fourth-order valence-corrected chi connectivity index (χ4v) is 2.55. The van der Waals surface area contributed by atoms with Gasteiger partial charge in [-0.05, 0) is 31.5 Å². The molecule has 1 aromatic carbocycles. The van der Waals surface area contributed by atoms with Crippen molar-refractivity contribution in [1.82, 2.24) is 9.97 Å². The largest absolute Gasteiger partial charge is 0.475 e. The number of hydrogen-bond acceptors (Lipinski definition) is 4. The minimum absolute atomic E-state index is 0.223. The van der Waals surface area contributed by atoms with Gasteiger partial charge in [-0.1, -0.05) is 29.3 Å². The number of hydrogen-bond donors (Lipinski definition) is 2. The molecule has 0 amide bonds. The monoisotopic (exact) mass is 339 g/mol. The lowest BCUT2D eigenvalue weighted by molar-refractivity contribution is 0.0683. The Morgan fingerprint density at radius 3 is 2.64 bits per heavy atom. The van der Waals surface area contributed by atoms with Crippen LogP contribution in [0.15, 0.2) is 18.2 Å². The predicted octanol–water partition coefficient (Wildman–Crippen LogP) is 3.81. The first kappa shape index (κ1) is 16.5. The Balaban J connectivity index is 2.47. The van der Waals surface area contributed by atoms with Gasteiger partial charge in [0.1, 0.15) is 5.82 Å². The molecule has 2 N–H and O–H groups in total. The quantitative estimate of drug-likeness (QED) is 0.866. The van der Waals surface area contributed by atoms with Crippen LogP contribution in [0.5, 0.6) is 0 Å². The zero-order valence-corrected chi connectivity index (χ0v) is 13.7. The standard InChI is InChI=1S/C15H15Cl2N3O2/c1-3-18-13-11(8(2)19-14(20-13)15(21)22)6-9-4-5-10(16)7-12(9)17/h4-5,7H,3,6H2,1-2H3,(H,21,22)(H,18,19,20). The summed E-state index contributed by atoms with van der Waals surface area (Å²) in [6, 6.07) is 5.27. The van der Waals surface area contributed by atoms with Crippen LogP contribution >= 0.6 is 23.2 Å². The fourth-order valence-electron chi connectivity index (χ4n) is 2.07. The lowest BCUT2D eigenvalue weighted by Gasteiger charge is -2.14. The van der Waals surface area contributed by atoms with Gasteiger partial charge in [-0.2, -0.15) is 0 Å². The molecule has 7 heteroatoms. The summed E-state index contributed by atoms with van der Waals surface area (Å²) in [4.78, 5) is 19.2. The highest BCUT2D eigenvalue weighted by Crippen LogP contribution is 2.27. The van der Waals surface area contributed by atoms with Gasteiger partial charge in [0, 0.05) is 34.3 Å². The van der Waals surface area contributed by atoms with Crippen molar-refractivity contribution >= 4 is 35.0 Å². The Hall–Kier alpha value is -1.85. The zero-order chi connectivity index (χ0) is 16.3. The number of carbonyl (C=O) groups is 1. The molecule has 0 aliphatic rings. The van der Waals surface area contributed by atoms with Crippen molar-refractivity contribution in [2.45, 2.75) is 20.3 Å². The fraction of sp³-hybridized carbons (Fsp3) is 0.267. The molecule has 1 heterocycles. The molecular formula is C15H15Cl2N3O2. The van der Waals surface area contributed by atoms with Crippen LogP contribution in [0.2, 0.25) is 10.0 Å². The average molecular weight is 340 g/mol. The number of halogens is 2. The highest BCUT2D eigenvalue weighted by atomic mass is 35.5. The maximum atomic E-state index is 11.1. The van der Waals surface area contributed by atoms with Crippen LogP contribution in [0.3, 0.4) is 0 Å². The van der Waals surface area contributed by atoms with E-state index in [0.717, 1.165) is 11.1 Å². The summed E-state index contributed by atoms with van der Waals surface area (Å²) in [5.74, 6) is -0.865. The molecule has 0 bridgehead atoms. The summed E-state index contributed by atoms with van der Waals surface area (Å²) < 4.78 is 0. The predicted molar refractivity (Wildman–Crippen MR) is 87.2 cm³/mol. The van der Waals surface area contributed by atoms with Crippen molar-refractivity contribution in [1.29, 1.82) is 0 Å². The van der Waals surface area contributed by atoms with E-state index < -0.39 is 5.97 Å². The number of aromatic nitrogens is 2. The van der Waals surface area contributed by atoms with Gasteiger partial charge in [0.25, 0.3) is 0 Å². The highest BCUT2D eigenvalue weighted by molar-refractivity contribution is 6.35. The van der Waals surface area contributed by atoms with E-state index in [1.165, 1.54) is 0 Å². The summed E-state index contributed by atoms with van der Waals surface area (Å²) in [5.41, 5.74) is 2.30. The molecule has 0 radical (unpaired) electrons. The second-order valence-electron chi connectivity index (χ2n) is 4.71. The number of aryl methyl sites for hydroxylation is 1. The normalized spacial score (nSPS) is 10.5. The van der Waals surface area contributed by atoms with E-state index in [0.29, 0.717) is 34.5 Å². The number of carboxylic acid groups (broad SMARTS) is 1. The number of nitrogens with zero attached hydrogens (tertiary/aromatic N) is 2. The van der Waals surface area contributed by atoms with Crippen molar-refractivity contribution in [3.05, 3.63) is 50.9 Å². The van der Waals surface area contributed by atoms with Crippen LogP contribution in [0.25, 0.3) is 0 Å². The van der Waals surface area contributed by atoms with Crippen LogP contribution in [0.4, 0.5) is 5.82 Å². The van der Waals surface area contributed by atoms with Gasteiger partial charge in [0.15, 0.2) is 0 Å². The number of nitrogens with one attached hydrogen (secondary N) is 1. The second kappa shape index (κ2) is 6.94. The Morgan fingerprint density at radius 1 is 1.32 bits per heavy atom. The van der Waals surface area contributed by atoms with Gasteiger partial charge in [0.05, 0.1) is 0 Å². The van der Waals surface area contributed by atoms with E-state index >= 15 is 0 Å². The molecule has 5 nitrogen and oxygen atoms in total. The lowest BCUT2D eigenvalue weighted by atomic mass is 10.0. The molecule has 2 rings (SSSR count). The maximum absolute atomic E-state index is 11.1. The van der Waals surface area contributed by atoms with Crippen LogP contribution in [-0.4, -0.2) is 27.6 Å². The third-order valence-electron chi connectivity index (χ3n) is 3.13. The summed E-state index contributed by atoms with van der Waals surface area (Å²) in [5, 5.41) is 13.3. The van der Waals surface area contributed by atoms with E-state index in [4.69, 9.17) is 28.3 Å². The molecule has 116 valence electrons. The minimum Gasteiger partial charge on any atom is -0.475 e. The molecule has 1 aromatic heterocycles. The minimum atomic E-state index is -1.15. The molecule has 0 unspecified atom stereocenters. The lowest BCUT2D eigenvalue weighted by Crippen LogP contribution is -2.13. The Kier molecular flexibility index (Phi) is 5.21. The van der Waals surface area contributed by atoms with Crippen LogP contribution in [0.1, 0.15) is 34.4 Å². The molecular weight excluding hydrogens is 325 g/mol. The third kappa shape index (κ3) is 3.67. The van der Waals surface area contributed by atoms with Crippen molar-refractivity contribution in [3.8, 4) is 0 Å². The van der Waals surface area contributed by atoms with Crippen LogP contribution < -0.4 is 5.32 Å². The zero-order valence-electron chi connectivity index (χ0n) is 12.2.